The minimum atomic E-state index is -0.783. The molecule has 3 aromatic carbocycles. The molecule has 6 nitrogen and oxygen atoms in total. The van der Waals surface area contributed by atoms with Crippen molar-refractivity contribution in [1.29, 1.82) is 0 Å². The van der Waals surface area contributed by atoms with Gasteiger partial charge in [0.05, 0.1) is 6.21 Å². The Morgan fingerprint density at radius 1 is 0.971 bits per heavy atom. The molecule has 2 amide bonds. The lowest BCUT2D eigenvalue weighted by Crippen LogP contribution is -2.48. The normalized spacial score (nSPS) is 11.9. The van der Waals surface area contributed by atoms with Gasteiger partial charge in [0.2, 0.25) is 0 Å². The predicted octanol–water partition coefficient (Wildman–Crippen LogP) is 6.13. The summed E-state index contributed by atoms with van der Waals surface area (Å²) in [6.45, 7) is 3.90. The lowest BCUT2D eigenvalue weighted by atomic mass is 10.0. The van der Waals surface area contributed by atoms with E-state index in [-0.39, 0.29) is 18.4 Å². The number of hydrazone groups is 1. The Bertz CT molecular complexity index is 1210. The van der Waals surface area contributed by atoms with E-state index in [1.54, 1.807) is 54.6 Å². The highest BCUT2D eigenvalue weighted by Gasteiger charge is 2.24. The number of carbonyl (C=O) groups is 2. The Morgan fingerprint density at radius 2 is 1.66 bits per heavy atom. The first-order valence-corrected chi connectivity index (χ1v) is 11.9. The van der Waals surface area contributed by atoms with Crippen LogP contribution in [-0.2, 0) is 11.4 Å². The Labute approximate surface area is 219 Å². The van der Waals surface area contributed by atoms with Gasteiger partial charge in [0.15, 0.2) is 0 Å². The molecule has 0 heterocycles. The monoisotopic (exact) mass is 531 g/mol. The number of rotatable bonds is 9. The molecule has 0 saturated heterocycles. The van der Waals surface area contributed by atoms with Crippen molar-refractivity contribution >= 4 is 52.8 Å². The van der Waals surface area contributed by atoms with Gasteiger partial charge in [-0.25, -0.2) is 5.43 Å². The SMILES string of the molecule is CC(C)C(NC(=O)c1ccc(Cl)cc1)C(=O)NN=Cc1ccccc1OCc1ccc(Cl)cc1Cl. The van der Waals surface area contributed by atoms with E-state index in [1.807, 2.05) is 26.0 Å². The summed E-state index contributed by atoms with van der Waals surface area (Å²) >= 11 is 18.0. The quantitative estimate of drug-likeness (QED) is 0.257. The molecular weight excluding hydrogens is 509 g/mol. The van der Waals surface area contributed by atoms with Gasteiger partial charge in [0, 0.05) is 31.8 Å². The van der Waals surface area contributed by atoms with Crippen LogP contribution >= 0.6 is 34.8 Å². The van der Waals surface area contributed by atoms with Gasteiger partial charge in [-0.2, -0.15) is 5.10 Å². The second-order valence-electron chi connectivity index (χ2n) is 8.00. The smallest absolute Gasteiger partial charge is 0.262 e. The molecule has 0 saturated carbocycles. The fourth-order valence-electron chi connectivity index (χ4n) is 3.11. The first-order chi connectivity index (χ1) is 16.7. The molecule has 35 heavy (non-hydrogen) atoms. The zero-order valence-electron chi connectivity index (χ0n) is 19.1. The Balaban J connectivity index is 1.63. The van der Waals surface area contributed by atoms with E-state index in [2.05, 4.69) is 15.8 Å². The van der Waals surface area contributed by atoms with Crippen molar-refractivity contribution in [3.63, 3.8) is 0 Å². The van der Waals surface area contributed by atoms with E-state index in [9.17, 15) is 9.59 Å². The highest BCUT2D eigenvalue weighted by atomic mass is 35.5. The van der Waals surface area contributed by atoms with Crippen molar-refractivity contribution in [3.05, 3.63) is 98.5 Å². The number of ether oxygens (including phenoxy) is 1. The van der Waals surface area contributed by atoms with Crippen LogP contribution in [-0.4, -0.2) is 24.1 Å². The maximum absolute atomic E-state index is 12.7. The number of nitrogens with zero attached hydrogens (tertiary/aromatic N) is 1. The largest absolute Gasteiger partial charge is 0.488 e. The van der Waals surface area contributed by atoms with Crippen LogP contribution in [0.3, 0.4) is 0 Å². The molecule has 0 aliphatic rings. The third kappa shape index (κ3) is 7.72. The minimum absolute atomic E-state index is 0.166. The lowest BCUT2D eigenvalue weighted by Gasteiger charge is -2.20. The highest BCUT2D eigenvalue weighted by Crippen LogP contribution is 2.24. The van der Waals surface area contributed by atoms with E-state index in [4.69, 9.17) is 39.5 Å². The van der Waals surface area contributed by atoms with Crippen LogP contribution in [0.25, 0.3) is 0 Å². The van der Waals surface area contributed by atoms with Crippen molar-refractivity contribution in [1.82, 2.24) is 10.7 Å². The minimum Gasteiger partial charge on any atom is -0.488 e. The second-order valence-corrected chi connectivity index (χ2v) is 9.28. The van der Waals surface area contributed by atoms with E-state index < -0.39 is 11.9 Å². The lowest BCUT2D eigenvalue weighted by molar-refractivity contribution is -0.123. The number of carbonyl (C=O) groups excluding carboxylic acids is 2. The molecule has 3 aromatic rings. The molecule has 2 N–H and O–H groups in total. The van der Waals surface area contributed by atoms with Gasteiger partial charge < -0.3 is 10.1 Å². The van der Waals surface area contributed by atoms with Gasteiger partial charge >= 0.3 is 0 Å². The number of halogens is 3. The standard InChI is InChI=1S/C26H24Cl3N3O3/c1-16(2)24(31-25(33)17-7-10-20(27)11-8-17)26(34)32-30-14-18-5-3-4-6-23(18)35-15-19-9-12-21(28)13-22(19)29/h3-14,16,24H,15H2,1-2H3,(H,31,33)(H,32,34). The van der Waals surface area contributed by atoms with E-state index in [1.165, 1.54) is 6.21 Å². The number of hydrogen-bond donors (Lipinski definition) is 2. The van der Waals surface area contributed by atoms with Gasteiger partial charge in [0.1, 0.15) is 18.4 Å². The predicted molar refractivity (Wildman–Crippen MR) is 141 cm³/mol. The van der Waals surface area contributed by atoms with Crippen LogP contribution < -0.4 is 15.5 Å². The Morgan fingerprint density at radius 3 is 2.34 bits per heavy atom. The summed E-state index contributed by atoms with van der Waals surface area (Å²) in [5.41, 5.74) is 4.35. The first kappa shape index (κ1) is 26.5. The molecule has 0 bridgehead atoms. The van der Waals surface area contributed by atoms with Gasteiger partial charge in [-0.3, -0.25) is 9.59 Å². The molecule has 0 fully saturated rings. The summed E-state index contributed by atoms with van der Waals surface area (Å²) < 4.78 is 5.90. The van der Waals surface area contributed by atoms with Crippen molar-refractivity contribution in [3.8, 4) is 5.75 Å². The first-order valence-electron chi connectivity index (χ1n) is 10.8. The molecule has 9 heteroatoms. The maximum Gasteiger partial charge on any atom is 0.262 e. The van der Waals surface area contributed by atoms with Crippen molar-refractivity contribution < 1.29 is 14.3 Å². The topological polar surface area (TPSA) is 79.8 Å². The van der Waals surface area contributed by atoms with Crippen LogP contribution in [0, 0.1) is 5.92 Å². The van der Waals surface area contributed by atoms with Crippen LogP contribution in [0.1, 0.15) is 35.3 Å². The number of hydrogen-bond acceptors (Lipinski definition) is 4. The molecule has 182 valence electrons. The summed E-state index contributed by atoms with van der Waals surface area (Å²) in [6, 6.07) is 18.1. The zero-order valence-corrected chi connectivity index (χ0v) is 21.4. The summed E-state index contributed by atoms with van der Waals surface area (Å²) in [6.07, 6.45) is 1.48. The van der Waals surface area contributed by atoms with Gasteiger partial charge in [0.25, 0.3) is 11.8 Å². The fraction of sp³-hybridized carbons (Fsp3) is 0.192. The average Bonchev–Trinajstić information content (AvgIpc) is 2.82. The van der Waals surface area contributed by atoms with E-state index in [0.717, 1.165) is 5.56 Å². The molecule has 3 rings (SSSR count). The molecule has 0 aromatic heterocycles. The van der Waals surface area contributed by atoms with Crippen molar-refractivity contribution in [2.45, 2.75) is 26.5 Å². The molecule has 0 aliphatic heterocycles. The maximum atomic E-state index is 12.7. The summed E-state index contributed by atoms with van der Waals surface area (Å²) in [5.74, 6) is -0.418. The Hall–Kier alpha value is -3.06. The third-order valence-corrected chi connectivity index (χ3v) is 5.88. The third-order valence-electron chi connectivity index (χ3n) is 5.04. The average molecular weight is 533 g/mol. The van der Waals surface area contributed by atoms with Gasteiger partial charge in [-0.15, -0.1) is 0 Å². The fourth-order valence-corrected chi connectivity index (χ4v) is 3.70. The molecule has 1 unspecified atom stereocenters. The number of para-hydroxylation sites is 1. The second kappa shape index (κ2) is 12.6. The molecular formula is C26H24Cl3N3O3. The summed E-state index contributed by atoms with van der Waals surface area (Å²) in [4.78, 5) is 25.3. The number of benzene rings is 3. The molecule has 0 radical (unpaired) electrons. The molecule has 1 atom stereocenters. The molecule has 0 spiro atoms. The van der Waals surface area contributed by atoms with Gasteiger partial charge in [-0.1, -0.05) is 66.8 Å². The highest BCUT2D eigenvalue weighted by molar-refractivity contribution is 6.35. The summed E-state index contributed by atoms with van der Waals surface area (Å²) in [7, 11) is 0. The molecule has 0 aliphatic carbocycles. The van der Waals surface area contributed by atoms with Crippen LogP contribution in [0.2, 0.25) is 15.1 Å². The van der Waals surface area contributed by atoms with E-state index >= 15 is 0 Å². The summed E-state index contributed by atoms with van der Waals surface area (Å²) in [5, 5.41) is 8.39. The zero-order chi connectivity index (χ0) is 25.4. The number of nitrogens with one attached hydrogen (secondary N) is 2. The van der Waals surface area contributed by atoms with Crippen LogP contribution in [0.15, 0.2) is 71.8 Å². The van der Waals surface area contributed by atoms with Crippen LogP contribution in [0.5, 0.6) is 5.75 Å². The van der Waals surface area contributed by atoms with Crippen LogP contribution in [0.4, 0.5) is 0 Å². The Kier molecular flexibility index (Phi) is 9.55. The number of amides is 2. The van der Waals surface area contributed by atoms with Crippen molar-refractivity contribution in [2.75, 3.05) is 0 Å². The van der Waals surface area contributed by atoms with Gasteiger partial charge in [-0.05, 0) is 54.4 Å². The van der Waals surface area contributed by atoms with Crippen molar-refractivity contribution in [2.24, 2.45) is 11.0 Å². The van der Waals surface area contributed by atoms with E-state index in [0.29, 0.717) is 31.9 Å².